The molecule has 0 aliphatic heterocycles. The van der Waals surface area contributed by atoms with E-state index in [1.807, 2.05) is 42.5 Å². The fourth-order valence-electron chi connectivity index (χ4n) is 5.63. The Morgan fingerprint density at radius 1 is 0.686 bits per heavy atom. The number of hydrogen-bond donors (Lipinski definition) is 3. The van der Waals surface area contributed by atoms with E-state index in [9.17, 15) is 9.59 Å². The molecule has 2 aromatic carbocycles. The van der Waals surface area contributed by atoms with Crippen LogP contribution in [0.1, 0.15) is 65.2 Å². The second kappa shape index (κ2) is 10.3. The second-order valence-electron chi connectivity index (χ2n) is 11.0. The maximum atomic E-state index is 12.7. The highest BCUT2D eigenvalue weighted by atomic mass is 16.2. The lowest BCUT2D eigenvalue weighted by molar-refractivity contribution is -0.121. The molecular formula is C30H37N3O2. The van der Waals surface area contributed by atoms with Crippen molar-refractivity contribution in [2.75, 3.05) is 10.6 Å². The third kappa shape index (κ3) is 5.61. The molecule has 2 aliphatic carbocycles. The maximum Gasteiger partial charge on any atom is 0.227 e. The topological polar surface area (TPSA) is 74.0 Å². The van der Waals surface area contributed by atoms with Gasteiger partial charge in [0, 0.05) is 39.8 Å². The molecule has 0 atom stereocenters. The van der Waals surface area contributed by atoms with Crippen molar-refractivity contribution in [3.8, 4) is 11.3 Å². The molecule has 0 spiro atoms. The fourth-order valence-corrected chi connectivity index (χ4v) is 5.63. The van der Waals surface area contributed by atoms with Crippen molar-refractivity contribution >= 4 is 34.1 Å². The predicted octanol–water partition coefficient (Wildman–Crippen LogP) is 7.36. The van der Waals surface area contributed by atoms with Crippen molar-refractivity contribution in [2.24, 2.45) is 23.7 Å². The molecule has 1 heterocycles. The van der Waals surface area contributed by atoms with Gasteiger partial charge in [0.25, 0.3) is 0 Å². The third-order valence-electron chi connectivity index (χ3n) is 8.13. The van der Waals surface area contributed by atoms with E-state index in [0.717, 1.165) is 96.7 Å². The van der Waals surface area contributed by atoms with Gasteiger partial charge >= 0.3 is 0 Å². The number of carbonyl (C=O) groups is 2. The van der Waals surface area contributed by atoms with Crippen LogP contribution in [0.5, 0.6) is 0 Å². The fraction of sp³-hybridized carbons (Fsp3) is 0.467. The van der Waals surface area contributed by atoms with Crippen molar-refractivity contribution in [3.05, 3.63) is 48.5 Å². The Morgan fingerprint density at radius 2 is 1.20 bits per heavy atom. The minimum absolute atomic E-state index is 0.129. The van der Waals surface area contributed by atoms with Crippen LogP contribution in [0.3, 0.4) is 0 Å². The summed E-state index contributed by atoms with van der Waals surface area (Å²) in [6.07, 6.45) is 8.51. The van der Waals surface area contributed by atoms with E-state index in [1.165, 1.54) is 0 Å². The van der Waals surface area contributed by atoms with Gasteiger partial charge in [0.1, 0.15) is 0 Å². The minimum Gasteiger partial charge on any atom is -0.355 e. The van der Waals surface area contributed by atoms with E-state index in [1.54, 1.807) is 0 Å². The number of benzene rings is 2. The van der Waals surface area contributed by atoms with Crippen LogP contribution in [0.2, 0.25) is 0 Å². The quantitative estimate of drug-likeness (QED) is 0.363. The molecule has 3 N–H and O–H groups in total. The first-order valence-corrected chi connectivity index (χ1v) is 13.3. The lowest BCUT2D eigenvalue weighted by Gasteiger charge is -2.25. The van der Waals surface area contributed by atoms with E-state index in [-0.39, 0.29) is 23.7 Å². The second-order valence-corrected chi connectivity index (χ2v) is 11.0. The summed E-state index contributed by atoms with van der Waals surface area (Å²) in [5.74, 6) is 2.03. The first kappa shape index (κ1) is 23.7. The highest BCUT2D eigenvalue weighted by Gasteiger charge is 2.25. The van der Waals surface area contributed by atoms with Crippen LogP contribution in [0.25, 0.3) is 22.2 Å². The van der Waals surface area contributed by atoms with E-state index in [0.29, 0.717) is 0 Å². The van der Waals surface area contributed by atoms with Gasteiger partial charge < -0.3 is 15.6 Å². The zero-order valence-electron chi connectivity index (χ0n) is 20.9. The van der Waals surface area contributed by atoms with Crippen LogP contribution in [-0.4, -0.2) is 16.8 Å². The largest absolute Gasteiger partial charge is 0.355 e. The van der Waals surface area contributed by atoms with E-state index >= 15 is 0 Å². The monoisotopic (exact) mass is 471 g/mol. The molecule has 1 aromatic heterocycles. The zero-order chi connectivity index (χ0) is 24.4. The number of fused-ring (bicyclic) bond motifs is 1. The molecule has 0 radical (unpaired) electrons. The molecule has 2 fully saturated rings. The first-order valence-electron chi connectivity index (χ1n) is 13.3. The van der Waals surface area contributed by atoms with E-state index < -0.39 is 0 Å². The van der Waals surface area contributed by atoms with Crippen LogP contribution in [0.4, 0.5) is 11.4 Å². The van der Waals surface area contributed by atoms with Crippen LogP contribution in [-0.2, 0) is 9.59 Å². The summed E-state index contributed by atoms with van der Waals surface area (Å²) in [5, 5.41) is 7.30. The lowest BCUT2D eigenvalue weighted by Crippen LogP contribution is -2.26. The SMILES string of the molecule is CC1CCC(C(=O)Nc2ccc(-c3cc4cc(NC(=O)C5CCC(C)CC5)ccc4[nH]3)cc2)CC1. The minimum atomic E-state index is 0.129. The van der Waals surface area contributed by atoms with Crippen molar-refractivity contribution in [1.29, 1.82) is 0 Å². The Kier molecular flexibility index (Phi) is 6.94. The smallest absolute Gasteiger partial charge is 0.227 e. The van der Waals surface area contributed by atoms with Gasteiger partial charge in [-0.2, -0.15) is 0 Å². The molecule has 5 nitrogen and oxygen atoms in total. The van der Waals surface area contributed by atoms with Crippen LogP contribution in [0, 0.1) is 23.7 Å². The number of amides is 2. The van der Waals surface area contributed by atoms with Crippen molar-refractivity contribution in [1.82, 2.24) is 4.98 Å². The van der Waals surface area contributed by atoms with Gasteiger partial charge in [0.2, 0.25) is 11.8 Å². The van der Waals surface area contributed by atoms with Gasteiger partial charge in [0.15, 0.2) is 0 Å². The summed E-state index contributed by atoms with van der Waals surface area (Å²) in [5.41, 5.74) is 4.81. The number of H-pyrrole nitrogens is 1. The summed E-state index contributed by atoms with van der Waals surface area (Å²) in [6.45, 7) is 4.54. The number of nitrogens with one attached hydrogen (secondary N) is 3. The van der Waals surface area contributed by atoms with Gasteiger partial charge in [-0.3, -0.25) is 9.59 Å². The van der Waals surface area contributed by atoms with Gasteiger partial charge in [-0.25, -0.2) is 0 Å². The van der Waals surface area contributed by atoms with Gasteiger partial charge in [0.05, 0.1) is 0 Å². The van der Waals surface area contributed by atoms with Gasteiger partial charge in [-0.05, 0) is 105 Å². The molecule has 5 heteroatoms. The summed E-state index contributed by atoms with van der Waals surface area (Å²) >= 11 is 0. The van der Waals surface area contributed by atoms with Crippen LogP contribution in [0.15, 0.2) is 48.5 Å². The molecule has 2 saturated carbocycles. The Morgan fingerprint density at radius 3 is 1.77 bits per heavy atom. The molecule has 184 valence electrons. The lowest BCUT2D eigenvalue weighted by atomic mass is 9.82. The molecule has 2 amide bonds. The van der Waals surface area contributed by atoms with Crippen LogP contribution >= 0.6 is 0 Å². The molecule has 5 rings (SSSR count). The number of aromatic nitrogens is 1. The molecule has 0 saturated heterocycles. The van der Waals surface area contributed by atoms with Crippen molar-refractivity contribution in [3.63, 3.8) is 0 Å². The number of rotatable bonds is 5. The summed E-state index contributed by atoms with van der Waals surface area (Å²) in [6, 6.07) is 16.2. The Hall–Kier alpha value is -3.08. The van der Waals surface area contributed by atoms with Crippen molar-refractivity contribution < 1.29 is 9.59 Å². The Balaban J connectivity index is 1.23. The normalized spacial score (nSPS) is 24.7. The van der Waals surface area contributed by atoms with E-state index in [2.05, 4.69) is 35.5 Å². The predicted molar refractivity (Wildman–Crippen MR) is 143 cm³/mol. The first-order chi connectivity index (χ1) is 16.9. The standard InChI is InChI=1S/C30H37N3O2/c1-19-3-7-22(8-4-19)29(34)31-25-13-11-21(12-14-25)28-18-24-17-26(15-16-27(24)33-28)32-30(35)23-9-5-20(2)6-10-23/h11-20,22-23,33H,3-10H2,1-2H3,(H,31,34)(H,32,35). The summed E-state index contributed by atoms with van der Waals surface area (Å²) < 4.78 is 0. The Bertz CT molecular complexity index is 1180. The molecule has 2 aliphatic rings. The third-order valence-corrected chi connectivity index (χ3v) is 8.13. The van der Waals surface area contributed by atoms with E-state index in [4.69, 9.17) is 0 Å². The molecule has 3 aromatic rings. The van der Waals surface area contributed by atoms with Crippen LogP contribution < -0.4 is 10.6 Å². The number of anilines is 2. The Labute approximate surface area is 208 Å². The average Bonchev–Trinajstić information content (AvgIpc) is 3.29. The maximum absolute atomic E-state index is 12.7. The zero-order valence-corrected chi connectivity index (χ0v) is 20.9. The molecule has 0 bridgehead atoms. The molecule has 0 unspecified atom stereocenters. The van der Waals surface area contributed by atoms with Crippen molar-refractivity contribution in [2.45, 2.75) is 65.2 Å². The average molecular weight is 472 g/mol. The number of hydrogen-bond acceptors (Lipinski definition) is 2. The molecule has 35 heavy (non-hydrogen) atoms. The molecular weight excluding hydrogens is 434 g/mol. The summed E-state index contributed by atoms with van der Waals surface area (Å²) in [7, 11) is 0. The summed E-state index contributed by atoms with van der Waals surface area (Å²) in [4.78, 5) is 28.8. The number of aromatic amines is 1. The van der Waals surface area contributed by atoms with Gasteiger partial charge in [-0.1, -0.05) is 26.0 Å². The highest BCUT2D eigenvalue weighted by Crippen LogP contribution is 2.32. The van der Waals surface area contributed by atoms with Gasteiger partial charge in [-0.15, -0.1) is 0 Å². The number of carbonyl (C=O) groups excluding carboxylic acids is 2. The highest BCUT2D eigenvalue weighted by molar-refractivity contribution is 5.96.